The van der Waals surface area contributed by atoms with Crippen LogP contribution >= 0.6 is 0 Å². The van der Waals surface area contributed by atoms with Crippen LogP contribution in [-0.4, -0.2) is 36.9 Å². The van der Waals surface area contributed by atoms with E-state index in [4.69, 9.17) is 0 Å². The second-order valence-corrected chi connectivity index (χ2v) is 8.42. The molecule has 1 aliphatic rings. The minimum Gasteiger partial charge on any atom is -0.478 e. The van der Waals surface area contributed by atoms with Crippen LogP contribution in [0.1, 0.15) is 30.1 Å². The van der Waals surface area contributed by atoms with Gasteiger partial charge in [-0.2, -0.15) is 4.31 Å². The summed E-state index contributed by atoms with van der Waals surface area (Å²) in [6.07, 6.45) is 1.93. The van der Waals surface area contributed by atoms with Crippen molar-refractivity contribution >= 4 is 16.0 Å². The molecule has 1 unspecified atom stereocenters. The Kier molecular flexibility index (Phi) is 4.92. The molecular weight excluding hydrogens is 338 g/mol. The summed E-state index contributed by atoms with van der Waals surface area (Å²) in [7, 11) is -3.50. The lowest BCUT2D eigenvalue weighted by Crippen LogP contribution is -2.39. The van der Waals surface area contributed by atoms with Gasteiger partial charge in [-0.15, -0.1) is 0 Å². The van der Waals surface area contributed by atoms with Crippen molar-refractivity contribution in [2.24, 2.45) is 5.92 Å². The van der Waals surface area contributed by atoms with E-state index in [1.807, 2.05) is 0 Å². The Morgan fingerprint density at radius 3 is 2.44 bits per heavy atom. The van der Waals surface area contributed by atoms with Gasteiger partial charge in [-0.3, -0.25) is 0 Å². The molecule has 1 saturated heterocycles. The van der Waals surface area contributed by atoms with Crippen molar-refractivity contribution in [3.8, 4) is 11.1 Å². The molecule has 2 aromatic carbocycles. The second kappa shape index (κ2) is 6.98. The zero-order valence-corrected chi connectivity index (χ0v) is 14.9. The van der Waals surface area contributed by atoms with Gasteiger partial charge in [-0.25, -0.2) is 13.2 Å². The predicted molar refractivity (Wildman–Crippen MR) is 96.0 cm³/mol. The molecule has 1 atom stereocenters. The lowest BCUT2D eigenvalue weighted by molar-refractivity contribution is 0.0697. The highest BCUT2D eigenvalue weighted by Gasteiger charge is 2.28. The van der Waals surface area contributed by atoms with E-state index in [0.717, 1.165) is 12.8 Å². The van der Waals surface area contributed by atoms with Crippen molar-refractivity contribution in [2.45, 2.75) is 24.7 Å². The Hall–Kier alpha value is -2.18. The van der Waals surface area contributed by atoms with Crippen LogP contribution in [0.4, 0.5) is 0 Å². The fourth-order valence-corrected chi connectivity index (χ4v) is 4.84. The average Bonchev–Trinajstić information content (AvgIpc) is 2.62. The van der Waals surface area contributed by atoms with E-state index in [1.54, 1.807) is 46.8 Å². The van der Waals surface area contributed by atoms with Gasteiger partial charge in [0.2, 0.25) is 10.0 Å². The van der Waals surface area contributed by atoms with Crippen molar-refractivity contribution in [1.29, 1.82) is 0 Å². The van der Waals surface area contributed by atoms with E-state index in [0.29, 0.717) is 30.1 Å². The first-order chi connectivity index (χ1) is 11.9. The quantitative estimate of drug-likeness (QED) is 0.907. The highest BCUT2D eigenvalue weighted by molar-refractivity contribution is 7.89. The summed E-state index contributed by atoms with van der Waals surface area (Å²) in [6.45, 7) is 3.16. The standard InChI is InChI=1S/C19H21NO4S/c1-14-5-4-12-20(13-14)25(23,24)16-10-8-15(9-11-16)17-6-2-3-7-18(17)19(21)22/h2-3,6-11,14H,4-5,12-13H2,1H3,(H,21,22). The summed E-state index contributed by atoms with van der Waals surface area (Å²) in [4.78, 5) is 11.6. The monoisotopic (exact) mass is 359 g/mol. The zero-order chi connectivity index (χ0) is 18.0. The van der Waals surface area contributed by atoms with Crippen LogP contribution in [0.15, 0.2) is 53.4 Å². The van der Waals surface area contributed by atoms with E-state index in [9.17, 15) is 18.3 Å². The lowest BCUT2D eigenvalue weighted by atomic mass is 10.00. The molecule has 0 radical (unpaired) electrons. The molecule has 0 aliphatic carbocycles. The minimum atomic E-state index is -3.50. The molecule has 0 amide bonds. The van der Waals surface area contributed by atoms with Gasteiger partial charge in [0.25, 0.3) is 0 Å². The number of rotatable bonds is 4. The smallest absolute Gasteiger partial charge is 0.336 e. The Balaban J connectivity index is 1.92. The number of carbonyl (C=O) groups is 1. The highest BCUT2D eigenvalue weighted by atomic mass is 32.2. The number of carboxylic acids is 1. The van der Waals surface area contributed by atoms with Crippen LogP contribution in [-0.2, 0) is 10.0 Å². The van der Waals surface area contributed by atoms with Crippen molar-refractivity contribution in [3.05, 3.63) is 54.1 Å². The summed E-state index contributed by atoms with van der Waals surface area (Å²) in [5, 5.41) is 9.30. The van der Waals surface area contributed by atoms with Gasteiger partial charge < -0.3 is 5.11 Å². The number of nitrogens with zero attached hydrogens (tertiary/aromatic N) is 1. The number of piperidine rings is 1. The lowest BCUT2D eigenvalue weighted by Gasteiger charge is -2.30. The number of benzene rings is 2. The van der Waals surface area contributed by atoms with Gasteiger partial charge in [0.15, 0.2) is 0 Å². The molecule has 2 aromatic rings. The van der Waals surface area contributed by atoms with E-state index < -0.39 is 16.0 Å². The summed E-state index contributed by atoms with van der Waals surface area (Å²) in [5.41, 5.74) is 1.46. The first-order valence-corrected chi connectivity index (χ1v) is 9.76. The highest BCUT2D eigenvalue weighted by Crippen LogP contribution is 2.27. The first-order valence-electron chi connectivity index (χ1n) is 8.32. The molecule has 1 fully saturated rings. The normalized spacial score (nSPS) is 18.8. The van der Waals surface area contributed by atoms with Crippen LogP contribution in [0.2, 0.25) is 0 Å². The van der Waals surface area contributed by atoms with Gasteiger partial charge in [0.05, 0.1) is 10.5 Å². The maximum absolute atomic E-state index is 12.8. The van der Waals surface area contributed by atoms with Crippen molar-refractivity contribution in [3.63, 3.8) is 0 Å². The van der Waals surface area contributed by atoms with Crippen molar-refractivity contribution < 1.29 is 18.3 Å². The van der Waals surface area contributed by atoms with Crippen LogP contribution in [0, 0.1) is 5.92 Å². The molecule has 0 saturated carbocycles. The SMILES string of the molecule is CC1CCCN(S(=O)(=O)c2ccc(-c3ccccc3C(=O)O)cc2)C1. The second-order valence-electron chi connectivity index (χ2n) is 6.49. The number of sulfonamides is 1. The summed E-state index contributed by atoms with van der Waals surface area (Å²) < 4.78 is 27.1. The molecule has 6 heteroatoms. The first kappa shape index (κ1) is 17.6. The fraction of sp³-hybridized carbons (Fsp3) is 0.316. The predicted octanol–water partition coefficient (Wildman–Crippen LogP) is 3.47. The molecule has 5 nitrogen and oxygen atoms in total. The van der Waals surface area contributed by atoms with Crippen LogP contribution < -0.4 is 0 Å². The zero-order valence-electron chi connectivity index (χ0n) is 14.1. The van der Waals surface area contributed by atoms with Gasteiger partial charge >= 0.3 is 5.97 Å². The minimum absolute atomic E-state index is 0.197. The van der Waals surface area contributed by atoms with Gasteiger partial charge in [-0.1, -0.05) is 37.3 Å². The molecular formula is C19H21NO4S. The number of hydrogen-bond acceptors (Lipinski definition) is 3. The number of hydrogen-bond donors (Lipinski definition) is 1. The Bertz CT molecular complexity index is 875. The molecule has 1 heterocycles. The molecule has 0 bridgehead atoms. The van der Waals surface area contributed by atoms with E-state index in [1.165, 1.54) is 6.07 Å². The molecule has 132 valence electrons. The largest absolute Gasteiger partial charge is 0.478 e. The maximum Gasteiger partial charge on any atom is 0.336 e. The average molecular weight is 359 g/mol. The van der Waals surface area contributed by atoms with E-state index in [2.05, 4.69) is 6.92 Å². The molecule has 3 rings (SSSR count). The molecule has 0 spiro atoms. The van der Waals surface area contributed by atoms with Gasteiger partial charge in [0.1, 0.15) is 0 Å². The van der Waals surface area contributed by atoms with Crippen LogP contribution in [0.3, 0.4) is 0 Å². The molecule has 0 aromatic heterocycles. The third-order valence-electron chi connectivity index (χ3n) is 4.58. The van der Waals surface area contributed by atoms with E-state index >= 15 is 0 Å². The van der Waals surface area contributed by atoms with Crippen molar-refractivity contribution in [2.75, 3.05) is 13.1 Å². The van der Waals surface area contributed by atoms with Crippen LogP contribution in [0.5, 0.6) is 0 Å². The Morgan fingerprint density at radius 2 is 1.80 bits per heavy atom. The number of aromatic carboxylic acids is 1. The number of carboxylic acid groups (broad SMARTS) is 1. The molecule has 25 heavy (non-hydrogen) atoms. The van der Waals surface area contributed by atoms with Crippen molar-refractivity contribution in [1.82, 2.24) is 4.31 Å². The van der Waals surface area contributed by atoms with Crippen LogP contribution in [0.25, 0.3) is 11.1 Å². The molecule has 1 N–H and O–H groups in total. The summed E-state index contributed by atoms with van der Waals surface area (Å²) >= 11 is 0. The molecule has 1 aliphatic heterocycles. The summed E-state index contributed by atoms with van der Waals surface area (Å²) in [6, 6.07) is 13.1. The Labute approximate surface area is 148 Å². The topological polar surface area (TPSA) is 74.7 Å². The summed E-state index contributed by atoms with van der Waals surface area (Å²) in [5.74, 6) is -0.639. The Morgan fingerprint density at radius 1 is 1.12 bits per heavy atom. The maximum atomic E-state index is 12.8. The fourth-order valence-electron chi connectivity index (χ4n) is 3.24. The third-order valence-corrected chi connectivity index (χ3v) is 6.46. The van der Waals surface area contributed by atoms with E-state index in [-0.39, 0.29) is 10.5 Å². The van der Waals surface area contributed by atoms with Gasteiger partial charge in [0, 0.05) is 13.1 Å². The van der Waals surface area contributed by atoms with Gasteiger partial charge in [-0.05, 0) is 48.1 Å². The third kappa shape index (κ3) is 3.60.